The van der Waals surface area contributed by atoms with E-state index >= 15 is 0 Å². The number of nitro groups is 1. The Morgan fingerprint density at radius 1 is 1.38 bits per heavy atom. The normalized spacial score (nSPS) is 10.7. The van der Waals surface area contributed by atoms with Gasteiger partial charge in [-0.2, -0.15) is 5.10 Å². The number of esters is 1. The fourth-order valence-corrected chi connectivity index (χ4v) is 2.48. The minimum absolute atomic E-state index is 0.0451. The molecule has 0 aliphatic rings. The van der Waals surface area contributed by atoms with Gasteiger partial charge in [0.25, 0.3) is 5.69 Å². The number of rotatable bonds is 6. The SMILES string of the molecule is CCOC(=O)c1ccc(N/N=C\c2cc(Cl)cc(Cl)c2O)c([N+](=O)[O-])c1. The molecule has 2 rings (SSSR count). The number of halogens is 2. The van der Waals surface area contributed by atoms with E-state index in [0.29, 0.717) is 5.02 Å². The second kappa shape index (κ2) is 8.50. The number of aromatic hydroxyl groups is 1. The summed E-state index contributed by atoms with van der Waals surface area (Å²) in [6, 6.07) is 6.57. The molecule has 8 nitrogen and oxygen atoms in total. The zero-order valence-electron chi connectivity index (χ0n) is 13.4. The molecule has 0 radical (unpaired) electrons. The van der Waals surface area contributed by atoms with Crippen LogP contribution in [0.25, 0.3) is 0 Å². The number of nitrogens with one attached hydrogen (secondary N) is 1. The lowest BCUT2D eigenvalue weighted by atomic mass is 10.2. The van der Waals surface area contributed by atoms with Crippen LogP contribution in [-0.2, 0) is 4.74 Å². The number of nitro benzene ring substituents is 1. The van der Waals surface area contributed by atoms with E-state index in [1.807, 2.05) is 0 Å². The van der Waals surface area contributed by atoms with Gasteiger partial charge >= 0.3 is 5.97 Å². The number of phenols is 1. The molecule has 0 saturated heterocycles. The summed E-state index contributed by atoms with van der Waals surface area (Å²) in [6.07, 6.45) is 1.20. The second-order valence-corrected chi connectivity index (χ2v) is 5.75. The highest BCUT2D eigenvalue weighted by molar-refractivity contribution is 6.36. The molecule has 0 aromatic heterocycles. The zero-order valence-corrected chi connectivity index (χ0v) is 14.9. The van der Waals surface area contributed by atoms with E-state index in [2.05, 4.69) is 10.5 Å². The van der Waals surface area contributed by atoms with Crippen LogP contribution in [-0.4, -0.2) is 28.8 Å². The molecule has 0 amide bonds. The largest absolute Gasteiger partial charge is 0.506 e. The van der Waals surface area contributed by atoms with Crippen LogP contribution in [0, 0.1) is 10.1 Å². The van der Waals surface area contributed by atoms with E-state index in [1.54, 1.807) is 6.92 Å². The first-order chi connectivity index (χ1) is 12.3. The van der Waals surface area contributed by atoms with E-state index < -0.39 is 10.9 Å². The maximum absolute atomic E-state index is 11.7. The van der Waals surface area contributed by atoms with Gasteiger partial charge in [-0.15, -0.1) is 0 Å². The molecule has 0 fully saturated rings. The van der Waals surface area contributed by atoms with Crippen molar-refractivity contribution in [2.24, 2.45) is 5.10 Å². The number of hydrogen-bond donors (Lipinski definition) is 2. The van der Waals surface area contributed by atoms with Crippen LogP contribution in [0.5, 0.6) is 5.75 Å². The van der Waals surface area contributed by atoms with Crippen LogP contribution < -0.4 is 5.43 Å². The molecule has 0 bridgehead atoms. The number of carbonyl (C=O) groups is 1. The standard InChI is InChI=1S/C16H13Cl2N3O5/c1-2-26-16(23)9-3-4-13(14(6-9)21(24)25)20-19-8-10-5-11(17)7-12(18)15(10)22/h3-8,20,22H,2H2,1H3/b19-8-. The number of phenolic OH excluding ortho intramolecular Hbond substituents is 1. The lowest BCUT2D eigenvalue weighted by molar-refractivity contribution is -0.384. The first kappa shape index (κ1) is 19.5. The summed E-state index contributed by atoms with van der Waals surface area (Å²) in [5.74, 6) is -0.891. The van der Waals surface area contributed by atoms with Gasteiger partial charge in [0, 0.05) is 16.7 Å². The van der Waals surface area contributed by atoms with Gasteiger partial charge in [0.1, 0.15) is 11.4 Å². The van der Waals surface area contributed by atoms with Gasteiger partial charge in [0.2, 0.25) is 0 Å². The number of benzene rings is 2. The summed E-state index contributed by atoms with van der Waals surface area (Å²) in [5.41, 5.74) is 2.45. The van der Waals surface area contributed by atoms with E-state index in [-0.39, 0.29) is 39.9 Å². The van der Waals surface area contributed by atoms with Gasteiger partial charge in [0.15, 0.2) is 0 Å². The number of nitrogens with zero attached hydrogens (tertiary/aromatic N) is 2. The third-order valence-corrected chi connectivity index (χ3v) is 3.66. The van der Waals surface area contributed by atoms with Crippen molar-refractivity contribution in [2.45, 2.75) is 6.92 Å². The summed E-state index contributed by atoms with van der Waals surface area (Å²) < 4.78 is 4.81. The van der Waals surface area contributed by atoms with Gasteiger partial charge in [0.05, 0.1) is 28.3 Å². The molecule has 10 heteroatoms. The summed E-state index contributed by atoms with van der Waals surface area (Å²) in [4.78, 5) is 22.2. The van der Waals surface area contributed by atoms with Crippen molar-refractivity contribution in [1.82, 2.24) is 0 Å². The Labute approximate surface area is 158 Å². The molecule has 0 aliphatic heterocycles. The predicted octanol–water partition coefficient (Wildman–Crippen LogP) is 4.23. The summed E-state index contributed by atoms with van der Waals surface area (Å²) in [7, 11) is 0. The van der Waals surface area contributed by atoms with Crippen molar-refractivity contribution in [3.8, 4) is 5.75 Å². The number of hydrogen-bond acceptors (Lipinski definition) is 7. The molecule has 136 valence electrons. The lowest BCUT2D eigenvalue weighted by Crippen LogP contribution is -2.06. The van der Waals surface area contributed by atoms with Crippen molar-refractivity contribution in [1.29, 1.82) is 0 Å². The molecule has 0 aliphatic carbocycles. The highest BCUT2D eigenvalue weighted by atomic mass is 35.5. The zero-order chi connectivity index (χ0) is 19.3. The van der Waals surface area contributed by atoms with Crippen LogP contribution in [0.1, 0.15) is 22.8 Å². The van der Waals surface area contributed by atoms with E-state index in [4.69, 9.17) is 27.9 Å². The van der Waals surface area contributed by atoms with E-state index in [0.717, 1.165) is 6.07 Å². The Hall–Kier alpha value is -2.84. The van der Waals surface area contributed by atoms with Crippen LogP contribution >= 0.6 is 23.2 Å². The minimum Gasteiger partial charge on any atom is -0.506 e. The Morgan fingerprint density at radius 2 is 2.12 bits per heavy atom. The maximum atomic E-state index is 11.7. The van der Waals surface area contributed by atoms with Crippen LogP contribution in [0.2, 0.25) is 10.0 Å². The third-order valence-electron chi connectivity index (χ3n) is 3.15. The molecule has 2 aromatic carbocycles. The van der Waals surface area contributed by atoms with Gasteiger partial charge < -0.3 is 9.84 Å². The fraction of sp³-hybridized carbons (Fsp3) is 0.125. The van der Waals surface area contributed by atoms with Gasteiger partial charge in [-0.3, -0.25) is 15.5 Å². The van der Waals surface area contributed by atoms with Crippen molar-refractivity contribution < 1.29 is 19.6 Å². The molecule has 0 heterocycles. The maximum Gasteiger partial charge on any atom is 0.338 e. The molecule has 0 unspecified atom stereocenters. The molecular weight excluding hydrogens is 385 g/mol. The van der Waals surface area contributed by atoms with Gasteiger partial charge in [-0.1, -0.05) is 23.2 Å². The monoisotopic (exact) mass is 397 g/mol. The number of ether oxygens (including phenoxy) is 1. The highest BCUT2D eigenvalue weighted by Crippen LogP contribution is 2.30. The van der Waals surface area contributed by atoms with Crippen molar-refractivity contribution >= 4 is 46.8 Å². The third kappa shape index (κ3) is 4.62. The first-order valence-electron chi connectivity index (χ1n) is 7.26. The lowest BCUT2D eigenvalue weighted by Gasteiger charge is -2.06. The van der Waals surface area contributed by atoms with Crippen molar-refractivity contribution in [3.05, 3.63) is 61.6 Å². The Balaban J connectivity index is 2.27. The van der Waals surface area contributed by atoms with E-state index in [1.165, 1.54) is 30.5 Å². The summed E-state index contributed by atoms with van der Waals surface area (Å²) in [5, 5.41) is 25.2. The number of carbonyl (C=O) groups excluding carboxylic acids is 1. The van der Waals surface area contributed by atoms with Crippen LogP contribution in [0.4, 0.5) is 11.4 Å². The molecule has 2 aromatic rings. The van der Waals surface area contributed by atoms with Crippen LogP contribution in [0.3, 0.4) is 0 Å². The topological polar surface area (TPSA) is 114 Å². The number of hydrazone groups is 1. The second-order valence-electron chi connectivity index (χ2n) is 4.90. The fourth-order valence-electron chi connectivity index (χ4n) is 1.97. The predicted molar refractivity (Wildman–Crippen MR) is 98.4 cm³/mol. The van der Waals surface area contributed by atoms with Gasteiger partial charge in [-0.25, -0.2) is 4.79 Å². The first-order valence-corrected chi connectivity index (χ1v) is 8.01. The quantitative estimate of drug-likeness (QED) is 0.326. The smallest absolute Gasteiger partial charge is 0.338 e. The molecule has 2 N–H and O–H groups in total. The minimum atomic E-state index is -0.663. The molecule has 0 atom stereocenters. The summed E-state index contributed by atoms with van der Waals surface area (Å²) >= 11 is 11.7. The Bertz CT molecular complexity index is 886. The highest BCUT2D eigenvalue weighted by Gasteiger charge is 2.18. The number of anilines is 1. The molecular formula is C16H13Cl2N3O5. The molecule has 0 saturated carbocycles. The summed E-state index contributed by atoms with van der Waals surface area (Å²) in [6.45, 7) is 1.79. The van der Waals surface area contributed by atoms with Crippen molar-refractivity contribution in [3.63, 3.8) is 0 Å². The van der Waals surface area contributed by atoms with Gasteiger partial charge in [-0.05, 0) is 31.2 Å². The van der Waals surface area contributed by atoms with Crippen LogP contribution in [0.15, 0.2) is 35.4 Å². The van der Waals surface area contributed by atoms with Crippen molar-refractivity contribution in [2.75, 3.05) is 12.0 Å². The molecule has 0 spiro atoms. The molecule has 26 heavy (non-hydrogen) atoms. The Morgan fingerprint density at radius 3 is 2.77 bits per heavy atom. The van der Waals surface area contributed by atoms with E-state index in [9.17, 15) is 20.0 Å². The Kier molecular flexibility index (Phi) is 6.37. The average Bonchev–Trinajstić information content (AvgIpc) is 2.59. The average molecular weight is 398 g/mol.